The number of aromatic nitrogens is 4. The van der Waals surface area contributed by atoms with Crippen molar-refractivity contribution in [2.75, 3.05) is 13.2 Å². The third kappa shape index (κ3) is 3.93. The van der Waals surface area contributed by atoms with Crippen molar-refractivity contribution in [2.45, 2.75) is 36.3 Å². The second-order valence-electron chi connectivity index (χ2n) is 5.74. The zero-order valence-electron chi connectivity index (χ0n) is 13.8. The van der Waals surface area contributed by atoms with Crippen molar-refractivity contribution in [1.29, 1.82) is 0 Å². The predicted molar refractivity (Wildman–Crippen MR) is 91.5 cm³/mol. The van der Waals surface area contributed by atoms with Gasteiger partial charge in [0.05, 0.1) is 11.4 Å². The third-order valence-corrected chi connectivity index (χ3v) is 5.09. The number of carbonyl (C=O) groups excluding carboxylic acids is 1. The van der Waals surface area contributed by atoms with Gasteiger partial charge in [0.1, 0.15) is 0 Å². The van der Waals surface area contributed by atoms with Crippen molar-refractivity contribution in [3.05, 3.63) is 24.5 Å². The maximum Gasteiger partial charge on any atom is 0.233 e. The first-order valence-electron chi connectivity index (χ1n) is 8.01. The number of nitrogens with one attached hydrogen (secondary N) is 1. The Morgan fingerprint density at radius 2 is 2.25 bits per heavy atom. The van der Waals surface area contributed by atoms with Crippen LogP contribution in [0.15, 0.2) is 29.7 Å². The van der Waals surface area contributed by atoms with Gasteiger partial charge < -0.3 is 14.6 Å². The Bertz CT molecular complexity index is 685. The Morgan fingerprint density at radius 3 is 2.96 bits per heavy atom. The maximum absolute atomic E-state index is 12.2. The zero-order chi connectivity index (χ0) is 16.9. The minimum atomic E-state index is -0.250. The maximum atomic E-state index is 12.2. The van der Waals surface area contributed by atoms with E-state index >= 15 is 0 Å². The van der Waals surface area contributed by atoms with E-state index in [0.717, 1.165) is 30.8 Å². The van der Waals surface area contributed by atoms with Crippen LogP contribution < -0.4 is 5.32 Å². The van der Waals surface area contributed by atoms with Crippen LogP contribution in [-0.4, -0.2) is 50.2 Å². The molecule has 0 aromatic carbocycles. The molecule has 2 aromatic rings. The highest BCUT2D eigenvalue weighted by molar-refractivity contribution is 8.00. The van der Waals surface area contributed by atoms with Crippen molar-refractivity contribution in [3.63, 3.8) is 0 Å². The van der Waals surface area contributed by atoms with Crippen LogP contribution in [0.5, 0.6) is 0 Å². The highest BCUT2D eigenvalue weighted by atomic mass is 32.2. The number of thioether (sulfide) groups is 1. The summed E-state index contributed by atoms with van der Waals surface area (Å²) in [5.74, 6) is 0.746. The van der Waals surface area contributed by atoms with Crippen LogP contribution in [0, 0.1) is 0 Å². The van der Waals surface area contributed by atoms with Crippen LogP contribution >= 0.6 is 11.8 Å². The molecule has 2 atom stereocenters. The van der Waals surface area contributed by atoms with Crippen molar-refractivity contribution < 1.29 is 9.53 Å². The van der Waals surface area contributed by atoms with E-state index in [2.05, 4.69) is 20.5 Å². The van der Waals surface area contributed by atoms with Gasteiger partial charge in [-0.25, -0.2) is 0 Å². The molecule has 8 heteroatoms. The average molecular weight is 347 g/mol. The van der Waals surface area contributed by atoms with Crippen LogP contribution in [0.25, 0.3) is 11.4 Å². The molecular formula is C16H21N5O2S. The Balaban J connectivity index is 1.59. The summed E-state index contributed by atoms with van der Waals surface area (Å²) in [6.07, 6.45) is 5.68. The van der Waals surface area contributed by atoms with E-state index in [-0.39, 0.29) is 17.3 Å². The first-order chi connectivity index (χ1) is 11.6. The molecule has 7 nitrogen and oxygen atoms in total. The summed E-state index contributed by atoms with van der Waals surface area (Å²) in [6.45, 7) is 3.24. The number of rotatable bonds is 6. The van der Waals surface area contributed by atoms with Crippen molar-refractivity contribution in [2.24, 2.45) is 7.05 Å². The second-order valence-corrected chi connectivity index (χ2v) is 7.05. The highest BCUT2D eigenvalue weighted by Crippen LogP contribution is 2.25. The smallest absolute Gasteiger partial charge is 0.233 e. The topological polar surface area (TPSA) is 81.9 Å². The fraction of sp³-hybridized carbons (Fsp3) is 0.500. The molecule has 0 unspecified atom stereocenters. The summed E-state index contributed by atoms with van der Waals surface area (Å²) >= 11 is 1.40. The number of amides is 1. The first kappa shape index (κ1) is 16.9. The number of nitrogens with zero attached hydrogens (tertiary/aromatic N) is 4. The van der Waals surface area contributed by atoms with Gasteiger partial charge in [0.15, 0.2) is 11.0 Å². The lowest BCUT2D eigenvalue weighted by molar-refractivity contribution is -0.120. The highest BCUT2D eigenvalue weighted by Gasteiger charge is 2.21. The van der Waals surface area contributed by atoms with Gasteiger partial charge in [0.2, 0.25) is 5.91 Å². The molecule has 0 radical (unpaired) electrons. The average Bonchev–Trinajstić information content (AvgIpc) is 3.24. The third-order valence-electron chi connectivity index (χ3n) is 3.95. The second kappa shape index (κ2) is 7.76. The molecule has 0 saturated carbocycles. The van der Waals surface area contributed by atoms with Gasteiger partial charge in [-0.15, -0.1) is 10.2 Å². The normalized spacial score (nSPS) is 18.5. The number of hydrogen-bond acceptors (Lipinski definition) is 6. The van der Waals surface area contributed by atoms with Gasteiger partial charge >= 0.3 is 0 Å². The Kier molecular flexibility index (Phi) is 5.47. The van der Waals surface area contributed by atoms with E-state index in [4.69, 9.17) is 4.74 Å². The van der Waals surface area contributed by atoms with Crippen LogP contribution in [0.4, 0.5) is 0 Å². The van der Waals surface area contributed by atoms with E-state index in [1.54, 1.807) is 12.4 Å². The van der Waals surface area contributed by atoms with Gasteiger partial charge in [0, 0.05) is 38.2 Å². The number of carbonyl (C=O) groups is 1. The lowest BCUT2D eigenvalue weighted by Gasteiger charge is -2.14. The molecular weight excluding hydrogens is 326 g/mol. The van der Waals surface area contributed by atoms with Gasteiger partial charge in [0.25, 0.3) is 0 Å². The van der Waals surface area contributed by atoms with Gasteiger partial charge in [-0.05, 0) is 31.9 Å². The van der Waals surface area contributed by atoms with E-state index < -0.39 is 0 Å². The zero-order valence-corrected chi connectivity index (χ0v) is 14.6. The minimum absolute atomic E-state index is 0.0102. The molecule has 1 aliphatic heterocycles. The summed E-state index contributed by atoms with van der Waals surface area (Å²) in [4.78, 5) is 16.2. The minimum Gasteiger partial charge on any atom is -0.376 e. The molecule has 0 aliphatic carbocycles. The molecule has 0 spiro atoms. The lowest BCUT2D eigenvalue weighted by Crippen LogP contribution is -2.36. The fourth-order valence-corrected chi connectivity index (χ4v) is 3.38. The predicted octanol–water partition coefficient (Wildman–Crippen LogP) is 1.65. The van der Waals surface area contributed by atoms with E-state index in [1.165, 1.54) is 11.8 Å². The summed E-state index contributed by atoms with van der Waals surface area (Å²) in [5, 5.41) is 11.8. The lowest BCUT2D eigenvalue weighted by atomic mass is 10.2. The number of pyridine rings is 1. The Morgan fingerprint density at radius 1 is 1.46 bits per heavy atom. The van der Waals surface area contributed by atoms with Crippen LogP contribution in [-0.2, 0) is 16.6 Å². The Hall–Kier alpha value is -1.93. The summed E-state index contributed by atoms with van der Waals surface area (Å²) < 4.78 is 7.41. The molecule has 2 aromatic heterocycles. The van der Waals surface area contributed by atoms with Crippen molar-refractivity contribution in [3.8, 4) is 11.4 Å². The van der Waals surface area contributed by atoms with Crippen LogP contribution in [0.1, 0.15) is 19.8 Å². The van der Waals surface area contributed by atoms with Gasteiger partial charge in [-0.3, -0.25) is 9.78 Å². The standard InChI is InChI=1S/C16H21N5O2S/c1-11(15(22)18-10-13-4-3-9-23-13)24-16-20-19-14(21(16)2)12-5-7-17-8-6-12/h5-8,11,13H,3-4,9-10H2,1-2H3,(H,18,22)/t11-,13+/m0/s1. The number of hydrogen-bond donors (Lipinski definition) is 1. The molecule has 0 bridgehead atoms. The van der Waals surface area contributed by atoms with Crippen LogP contribution in [0.2, 0.25) is 0 Å². The summed E-state index contributed by atoms with van der Waals surface area (Å²) in [6, 6.07) is 3.77. The summed E-state index contributed by atoms with van der Waals surface area (Å²) in [7, 11) is 1.90. The summed E-state index contributed by atoms with van der Waals surface area (Å²) in [5.41, 5.74) is 0.947. The van der Waals surface area contributed by atoms with Gasteiger partial charge in [-0.1, -0.05) is 11.8 Å². The number of ether oxygens (including phenoxy) is 1. The van der Waals surface area contributed by atoms with E-state index in [9.17, 15) is 4.79 Å². The molecule has 128 valence electrons. The molecule has 24 heavy (non-hydrogen) atoms. The molecule has 1 aliphatic rings. The molecule has 1 saturated heterocycles. The van der Waals surface area contributed by atoms with Crippen molar-refractivity contribution in [1.82, 2.24) is 25.1 Å². The molecule has 1 amide bonds. The molecule has 1 N–H and O–H groups in total. The molecule has 1 fully saturated rings. The molecule has 3 rings (SSSR count). The molecule has 3 heterocycles. The van der Waals surface area contributed by atoms with E-state index in [0.29, 0.717) is 11.7 Å². The van der Waals surface area contributed by atoms with E-state index in [1.807, 2.05) is 30.7 Å². The largest absolute Gasteiger partial charge is 0.376 e. The van der Waals surface area contributed by atoms with Crippen LogP contribution in [0.3, 0.4) is 0 Å². The Labute approximate surface area is 145 Å². The monoisotopic (exact) mass is 347 g/mol. The fourth-order valence-electron chi connectivity index (χ4n) is 2.55. The first-order valence-corrected chi connectivity index (χ1v) is 8.89. The SMILES string of the molecule is C[C@H](Sc1nnc(-c2ccncc2)n1C)C(=O)NC[C@H]1CCCO1. The van der Waals surface area contributed by atoms with Gasteiger partial charge in [-0.2, -0.15) is 0 Å². The quantitative estimate of drug-likeness (QED) is 0.800. The van der Waals surface area contributed by atoms with Crippen molar-refractivity contribution >= 4 is 17.7 Å².